The fourth-order valence-corrected chi connectivity index (χ4v) is 2.60. The molecule has 0 saturated carbocycles. The van der Waals surface area contributed by atoms with Gasteiger partial charge in [-0.2, -0.15) is 21.0 Å². The van der Waals surface area contributed by atoms with Crippen LogP contribution < -0.4 is 5.32 Å². The highest BCUT2D eigenvalue weighted by Gasteiger charge is 2.50. The zero-order chi connectivity index (χ0) is 14.0. The van der Waals surface area contributed by atoms with E-state index in [4.69, 9.17) is 5.26 Å². The maximum atomic E-state index is 11.0. The summed E-state index contributed by atoms with van der Waals surface area (Å²) < 4.78 is 0. The monoisotopic (exact) mass is 251 g/mol. The van der Waals surface area contributed by atoms with Crippen molar-refractivity contribution in [3.05, 3.63) is 11.1 Å². The van der Waals surface area contributed by atoms with E-state index < -0.39 is 11.3 Å². The molecule has 6 heteroatoms. The van der Waals surface area contributed by atoms with Gasteiger partial charge in [0, 0.05) is 0 Å². The molecular formula is C13H9N5O. The molecule has 1 aliphatic heterocycles. The molecule has 0 aromatic carbocycles. The molecule has 2 atom stereocenters. The first-order valence-corrected chi connectivity index (χ1v) is 5.78. The Balaban J connectivity index is 2.55. The SMILES string of the molecule is N#CC1=C(C2CC(=O)N2)CCC(C#N)C1(C#N)C#N. The molecule has 2 unspecified atom stereocenters. The molecule has 1 saturated heterocycles. The Kier molecular flexibility index (Phi) is 2.95. The molecule has 0 radical (unpaired) electrons. The fraction of sp³-hybridized carbons (Fsp3) is 0.462. The molecule has 1 amide bonds. The lowest BCUT2D eigenvalue weighted by atomic mass is 9.64. The summed E-state index contributed by atoms with van der Waals surface area (Å²) in [6.07, 6.45) is 1.08. The second-order valence-electron chi connectivity index (χ2n) is 4.59. The first-order chi connectivity index (χ1) is 9.12. The number of hydrogen-bond donors (Lipinski definition) is 1. The Hall–Kier alpha value is -2.83. The van der Waals surface area contributed by atoms with Crippen LogP contribution in [-0.4, -0.2) is 11.9 Å². The van der Waals surface area contributed by atoms with Gasteiger partial charge >= 0.3 is 0 Å². The summed E-state index contributed by atoms with van der Waals surface area (Å²) in [7, 11) is 0. The van der Waals surface area contributed by atoms with E-state index in [2.05, 4.69) is 5.32 Å². The lowest BCUT2D eigenvalue weighted by molar-refractivity contribution is -0.127. The molecule has 1 heterocycles. The number of nitriles is 4. The van der Waals surface area contributed by atoms with Gasteiger partial charge in [0.05, 0.1) is 48.2 Å². The number of β-lactam (4-membered cyclic amide) rings is 1. The Morgan fingerprint density at radius 2 is 1.84 bits per heavy atom. The largest absolute Gasteiger partial charge is 0.349 e. The van der Waals surface area contributed by atoms with Gasteiger partial charge in [0.25, 0.3) is 0 Å². The van der Waals surface area contributed by atoms with E-state index in [1.165, 1.54) is 0 Å². The Labute approximate surface area is 110 Å². The lowest BCUT2D eigenvalue weighted by Crippen LogP contribution is -2.51. The standard InChI is InChI=1S/C13H9N5O/c14-4-8-1-2-9(11-3-12(19)18-11)10(5-15)13(8,6-16)7-17/h8,11H,1-3H2,(H,18,19). The minimum atomic E-state index is -1.71. The van der Waals surface area contributed by atoms with Crippen molar-refractivity contribution in [3.63, 3.8) is 0 Å². The third kappa shape index (κ3) is 1.63. The van der Waals surface area contributed by atoms with Gasteiger partial charge in [-0.05, 0) is 18.4 Å². The summed E-state index contributed by atoms with van der Waals surface area (Å²) in [5.74, 6) is -0.923. The predicted octanol–water partition coefficient (Wildman–Crippen LogP) is 0.662. The molecule has 1 fully saturated rings. The van der Waals surface area contributed by atoms with Gasteiger partial charge in [0.2, 0.25) is 5.91 Å². The molecular weight excluding hydrogens is 242 g/mol. The highest BCUT2D eigenvalue weighted by atomic mass is 16.2. The average molecular weight is 251 g/mol. The Morgan fingerprint density at radius 1 is 1.21 bits per heavy atom. The number of nitrogens with zero attached hydrogens (tertiary/aromatic N) is 4. The van der Waals surface area contributed by atoms with Crippen LogP contribution in [0.25, 0.3) is 0 Å². The Morgan fingerprint density at radius 3 is 2.26 bits per heavy atom. The summed E-state index contributed by atoms with van der Waals surface area (Å²) in [4.78, 5) is 11.0. The van der Waals surface area contributed by atoms with E-state index in [9.17, 15) is 20.6 Å². The number of amides is 1. The number of rotatable bonds is 1. The van der Waals surface area contributed by atoms with E-state index in [0.717, 1.165) is 0 Å². The van der Waals surface area contributed by atoms with Crippen molar-refractivity contribution < 1.29 is 4.79 Å². The maximum absolute atomic E-state index is 11.0. The Bertz CT molecular complexity index is 612. The molecule has 2 rings (SSSR count). The number of hydrogen-bond acceptors (Lipinski definition) is 5. The first-order valence-electron chi connectivity index (χ1n) is 5.78. The van der Waals surface area contributed by atoms with Crippen LogP contribution in [-0.2, 0) is 4.79 Å². The minimum Gasteiger partial charge on any atom is -0.349 e. The average Bonchev–Trinajstić information content (AvgIpc) is 2.41. The van der Waals surface area contributed by atoms with Gasteiger partial charge in [-0.3, -0.25) is 4.79 Å². The molecule has 1 N–H and O–H groups in total. The van der Waals surface area contributed by atoms with Crippen LogP contribution in [0.1, 0.15) is 19.3 Å². The summed E-state index contributed by atoms with van der Waals surface area (Å²) in [5, 5.41) is 39.6. The second kappa shape index (κ2) is 4.45. The molecule has 6 nitrogen and oxygen atoms in total. The van der Waals surface area contributed by atoms with E-state index in [-0.39, 0.29) is 23.9 Å². The molecule has 0 bridgehead atoms. The third-order valence-corrected chi connectivity index (χ3v) is 3.71. The van der Waals surface area contributed by atoms with Gasteiger partial charge in [0.1, 0.15) is 0 Å². The second-order valence-corrected chi connectivity index (χ2v) is 4.59. The molecule has 0 aromatic heterocycles. The van der Waals surface area contributed by atoms with Gasteiger partial charge in [-0.25, -0.2) is 0 Å². The van der Waals surface area contributed by atoms with Crippen LogP contribution in [0.5, 0.6) is 0 Å². The minimum absolute atomic E-state index is 0.0419. The number of carbonyl (C=O) groups excluding carboxylic acids is 1. The lowest BCUT2D eigenvalue weighted by Gasteiger charge is -2.37. The number of carbonyl (C=O) groups is 1. The van der Waals surface area contributed by atoms with Gasteiger partial charge in [-0.1, -0.05) is 0 Å². The molecule has 0 aromatic rings. The highest BCUT2D eigenvalue weighted by molar-refractivity contribution is 5.84. The summed E-state index contributed by atoms with van der Waals surface area (Å²) >= 11 is 0. The van der Waals surface area contributed by atoms with Crippen LogP contribution in [0.15, 0.2) is 11.1 Å². The zero-order valence-electron chi connectivity index (χ0n) is 9.97. The third-order valence-electron chi connectivity index (χ3n) is 3.71. The topological polar surface area (TPSA) is 124 Å². The molecule has 0 spiro atoms. The normalized spacial score (nSPS) is 27.9. The van der Waals surface area contributed by atoms with Gasteiger partial charge in [0.15, 0.2) is 5.41 Å². The van der Waals surface area contributed by atoms with Crippen LogP contribution in [0.3, 0.4) is 0 Å². The maximum Gasteiger partial charge on any atom is 0.222 e. The predicted molar refractivity (Wildman–Crippen MR) is 61.2 cm³/mol. The first kappa shape index (κ1) is 12.6. The van der Waals surface area contributed by atoms with E-state index in [0.29, 0.717) is 18.4 Å². The highest BCUT2D eigenvalue weighted by Crippen LogP contribution is 2.45. The summed E-state index contributed by atoms with van der Waals surface area (Å²) in [5.41, 5.74) is -1.05. The van der Waals surface area contributed by atoms with Crippen LogP contribution in [0, 0.1) is 56.7 Å². The molecule has 2 aliphatic rings. The fourth-order valence-electron chi connectivity index (χ4n) is 2.60. The van der Waals surface area contributed by atoms with Crippen molar-refractivity contribution in [2.24, 2.45) is 11.3 Å². The van der Waals surface area contributed by atoms with Crippen molar-refractivity contribution in [2.75, 3.05) is 0 Å². The van der Waals surface area contributed by atoms with Gasteiger partial charge < -0.3 is 5.32 Å². The van der Waals surface area contributed by atoms with E-state index in [1.807, 2.05) is 24.3 Å². The molecule has 1 aliphatic carbocycles. The summed E-state index contributed by atoms with van der Waals surface area (Å²) in [6.45, 7) is 0. The van der Waals surface area contributed by atoms with Crippen LogP contribution >= 0.6 is 0 Å². The van der Waals surface area contributed by atoms with Crippen LogP contribution in [0.2, 0.25) is 0 Å². The van der Waals surface area contributed by atoms with Crippen molar-refractivity contribution in [2.45, 2.75) is 25.3 Å². The quantitative estimate of drug-likeness (QED) is 0.685. The summed E-state index contributed by atoms with van der Waals surface area (Å²) in [6, 6.07) is 7.25. The smallest absolute Gasteiger partial charge is 0.222 e. The zero-order valence-corrected chi connectivity index (χ0v) is 9.97. The van der Waals surface area contributed by atoms with Crippen molar-refractivity contribution in [1.29, 1.82) is 21.0 Å². The molecule has 92 valence electrons. The van der Waals surface area contributed by atoms with Crippen molar-refractivity contribution in [3.8, 4) is 24.3 Å². The van der Waals surface area contributed by atoms with E-state index in [1.54, 1.807) is 0 Å². The number of nitrogens with one attached hydrogen (secondary N) is 1. The van der Waals surface area contributed by atoms with E-state index >= 15 is 0 Å². The van der Waals surface area contributed by atoms with Gasteiger partial charge in [-0.15, -0.1) is 0 Å². The number of allylic oxidation sites excluding steroid dienone is 1. The van der Waals surface area contributed by atoms with Crippen molar-refractivity contribution in [1.82, 2.24) is 5.32 Å². The van der Waals surface area contributed by atoms with Crippen molar-refractivity contribution >= 4 is 5.91 Å². The molecule has 19 heavy (non-hydrogen) atoms. The van der Waals surface area contributed by atoms with Crippen LogP contribution in [0.4, 0.5) is 0 Å².